The van der Waals surface area contributed by atoms with Gasteiger partial charge in [-0.1, -0.05) is 0 Å². The van der Waals surface area contributed by atoms with Crippen LogP contribution >= 0.6 is 11.3 Å². The van der Waals surface area contributed by atoms with E-state index in [1.165, 1.54) is 11.3 Å². The second-order valence-corrected chi connectivity index (χ2v) is 5.50. The first-order valence-corrected chi connectivity index (χ1v) is 7.41. The fourth-order valence-corrected chi connectivity index (χ4v) is 3.12. The van der Waals surface area contributed by atoms with Crippen LogP contribution in [-0.2, 0) is 0 Å². The first-order chi connectivity index (χ1) is 9.79. The molecule has 1 amide bonds. The smallest absolute Gasteiger partial charge is 0.273 e. The van der Waals surface area contributed by atoms with Gasteiger partial charge in [-0.05, 0) is 18.9 Å². The highest BCUT2D eigenvalue weighted by molar-refractivity contribution is 7.13. The van der Waals surface area contributed by atoms with Crippen molar-refractivity contribution in [2.75, 3.05) is 13.1 Å². The summed E-state index contributed by atoms with van der Waals surface area (Å²) in [5.41, 5.74) is 6.16. The predicted octanol–water partition coefficient (Wildman–Crippen LogP) is 1.16. The van der Waals surface area contributed by atoms with Crippen LogP contribution < -0.4 is 5.73 Å². The number of amides is 1. The van der Waals surface area contributed by atoms with E-state index in [9.17, 15) is 4.79 Å². The van der Waals surface area contributed by atoms with E-state index in [1.807, 2.05) is 4.90 Å². The Hall–Kier alpha value is -1.86. The summed E-state index contributed by atoms with van der Waals surface area (Å²) < 4.78 is 0. The maximum absolute atomic E-state index is 12.4. The molecule has 1 saturated heterocycles. The van der Waals surface area contributed by atoms with Crippen molar-refractivity contribution in [2.24, 2.45) is 5.73 Å². The van der Waals surface area contributed by atoms with E-state index in [-0.39, 0.29) is 11.9 Å². The molecule has 0 bridgehead atoms. The molecule has 1 aliphatic heterocycles. The summed E-state index contributed by atoms with van der Waals surface area (Å²) in [4.78, 5) is 26.9. The molecular formula is C13H15N5OS. The van der Waals surface area contributed by atoms with Gasteiger partial charge in [-0.25, -0.2) is 15.0 Å². The van der Waals surface area contributed by atoms with E-state index in [4.69, 9.17) is 5.73 Å². The van der Waals surface area contributed by atoms with E-state index in [0.29, 0.717) is 23.1 Å². The molecule has 3 rings (SSSR count). The van der Waals surface area contributed by atoms with E-state index < -0.39 is 0 Å². The second kappa shape index (κ2) is 5.64. The highest BCUT2D eigenvalue weighted by atomic mass is 32.1. The standard InChI is InChI=1S/C13H15N5OS/c14-7-9-3-1-6-18(9)13(19)10-8-20-12(17-10)11-15-4-2-5-16-11/h2,4-5,8-9H,1,3,6-7,14H2. The summed E-state index contributed by atoms with van der Waals surface area (Å²) in [6.07, 6.45) is 5.31. The SMILES string of the molecule is NCC1CCCN1C(=O)c1csc(-c2ncccn2)n1. The maximum Gasteiger partial charge on any atom is 0.273 e. The number of hydrogen-bond acceptors (Lipinski definition) is 6. The maximum atomic E-state index is 12.4. The van der Waals surface area contributed by atoms with Gasteiger partial charge in [0, 0.05) is 36.9 Å². The van der Waals surface area contributed by atoms with Gasteiger partial charge in [0.2, 0.25) is 0 Å². The number of hydrogen-bond donors (Lipinski definition) is 1. The summed E-state index contributed by atoms with van der Waals surface area (Å²) in [5, 5.41) is 2.43. The lowest BCUT2D eigenvalue weighted by Gasteiger charge is -2.22. The molecule has 2 aromatic rings. The predicted molar refractivity (Wildman–Crippen MR) is 76.3 cm³/mol. The van der Waals surface area contributed by atoms with Gasteiger partial charge in [0.15, 0.2) is 10.8 Å². The minimum Gasteiger partial charge on any atom is -0.333 e. The minimum atomic E-state index is -0.0450. The molecule has 0 saturated carbocycles. The van der Waals surface area contributed by atoms with Gasteiger partial charge < -0.3 is 10.6 Å². The molecule has 0 radical (unpaired) electrons. The Kier molecular flexibility index (Phi) is 3.70. The average Bonchev–Trinajstić information content (AvgIpc) is 3.16. The highest BCUT2D eigenvalue weighted by Gasteiger charge is 2.29. The monoisotopic (exact) mass is 289 g/mol. The van der Waals surface area contributed by atoms with Crippen LogP contribution in [0.1, 0.15) is 23.3 Å². The van der Waals surface area contributed by atoms with Crippen molar-refractivity contribution in [3.05, 3.63) is 29.5 Å². The van der Waals surface area contributed by atoms with Crippen molar-refractivity contribution in [1.29, 1.82) is 0 Å². The Morgan fingerprint density at radius 2 is 2.25 bits per heavy atom. The number of thiazole rings is 1. The van der Waals surface area contributed by atoms with Crippen molar-refractivity contribution in [2.45, 2.75) is 18.9 Å². The van der Waals surface area contributed by atoms with Gasteiger partial charge in [0.05, 0.1) is 0 Å². The van der Waals surface area contributed by atoms with Gasteiger partial charge in [-0.3, -0.25) is 4.79 Å². The third kappa shape index (κ3) is 2.41. The fourth-order valence-electron chi connectivity index (χ4n) is 2.38. The Morgan fingerprint density at radius 3 is 3.00 bits per heavy atom. The molecule has 0 spiro atoms. The van der Waals surface area contributed by atoms with E-state index >= 15 is 0 Å². The first-order valence-electron chi connectivity index (χ1n) is 6.53. The Labute approximate surface area is 120 Å². The summed E-state index contributed by atoms with van der Waals surface area (Å²) in [6.45, 7) is 1.26. The van der Waals surface area contributed by atoms with Gasteiger partial charge in [0.1, 0.15) is 5.69 Å². The van der Waals surface area contributed by atoms with Crippen molar-refractivity contribution in [3.63, 3.8) is 0 Å². The molecule has 0 aliphatic carbocycles. The summed E-state index contributed by atoms with van der Waals surface area (Å²) in [7, 11) is 0. The Balaban J connectivity index is 1.82. The van der Waals surface area contributed by atoms with Crippen LogP contribution in [0.15, 0.2) is 23.8 Å². The first kappa shape index (κ1) is 13.1. The second-order valence-electron chi connectivity index (χ2n) is 4.64. The van der Waals surface area contributed by atoms with Crippen molar-refractivity contribution >= 4 is 17.2 Å². The van der Waals surface area contributed by atoms with Crippen molar-refractivity contribution in [1.82, 2.24) is 19.9 Å². The van der Waals surface area contributed by atoms with Crippen LogP contribution in [0.3, 0.4) is 0 Å². The van der Waals surface area contributed by atoms with Crippen LogP contribution in [0.5, 0.6) is 0 Å². The number of carbonyl (C=O) groups is 1. The number of carbonyl (C=O) groups excluding carboxylic acids is 1. The number of nitrogens with zero attached hydrogens (tertiary/aromatic N) is 4. The molecule has 7 heteroatoms. The fraction of sp³-hybridized carbons (Fsp3) is 0.385. The van der Waals surface area contributed by atoms with E-state index in [0.717, 1.165) is 19.4 Å². The lowest BCUT2D eigenvalue weighted by molar-refractivity contribution is 0.0736. The van der Waals surface area contributed by atoms with Crippen molar-refractivity contribution < 1.29 is 4.79 Å². The zero-order valence-corrected chi connectivity index (χ0v) is 11.7. The summed E-state index contributed by atoms with van der Waals surface area (Å²) in [6, 6.07) is 1.89. The van der Waals surface area contributed by atoms with Gasteiger partial charge >= 0.3 is 0 Å². The molecule has 2 N–H and O–H groups in total. The van der Waals surface area contributed by atoms with E-state index in [1.54, 1.807) is 23.8 Å². The van der Waals surface area contributed by atoms with Crippen LogP contribution in [0.25, 0.3) is 10.8 Å². The van der Waals surface area contributed by atoms with E-state index in [2.05, 4.69) is 15.0 Å². The number of nitrogens with two attached hydrogens (primary N) is 1. The Morgan fingerprint density at radius 1 is 1.45 bits per heavy atom. The zero-order chi connectivity index (χ0) is 13.9. The van der Waals surface area contributed by atoms with Gasteiger partial charge in [-0.2, -0.15) is 0 Å². The molecule has 3 heterocycles. The topological polar surface area (TPSA) is 85.0 Å². The van der Waals surface area contributed by atoms with Crippen molar-refractivity contribution in [3.8, 4) is 10.8 Å². The lowest BCUT2D eigenvalue weighted by atomic mass is 10.2. The molecule has 2 aromatic heterocycles. The highest BCUT2D eigenvalue weighted by Crippen LogP contribution is 2.23. The normalized spacial score (nSPS) is 18.4. The molecular weight excluding hydrogens is 274 g/mol. The van der Waals surface area contributed by atoms with Crippen LogP contribution in [-0.4, -0.2) is 44.9 Å². The molecule has 20 heavy (non-hydrogen) atoms. The number of rotatable bonds is 3. The largest absolute Gasteiger partial charge is 0.333 e. The molecule has 6 nitrogen and oxygen atoms in total. The summed E-state index contributed by atoms with van der Waals surface area (Å²) >= 11 is 1.38. The third-order valence-electron chi connectivity index (χ3n) is 3.39. The van der Waals surface area contributed by atoms with Crippen LogP contribution in [0.4, 0.5) is 0 Å². The number of aromatic nitrogens is 3. The molecule has 0 aromatic carbocycles. The third-order valence-corrected chi connectivity index (χ3v) is 4.23. The molecule has 104 valence electrons. The molecule has 1 fully saturated rings. The zero-order valence-electron chi connectivity index (χ0n) is 10.9. The van der Waals surface area contributed by atoms with Crippen LogP contribution in [0, 0.1) is 0 Å². The molecule has 1 unspecified atom stereocenters. The molecule has 1 aliphatic rings. The quantitative estimate of drug-likeness (QED) is 0.916. The average molecular weight is 289 g/mol. The van der Waals surface area contributed by atoms with Crippen LogP contribution in [0.2, 0.25) is 0 Å². The number of likely N-dealkylation sites (tertiary alicyclic amines) is 1. The minimum absolute atomic E-state index is 0.0450. The molecule has 1 atom stereocenters. The van der Waals surface area contributed by atoms with Gasteiger partial charge in [-0.15, -0.1) is 11.3 Å². The summed E-state index contributed by atoms with van der Waals surface area (Å²) in [5.74, 6) is 0.504. The lowest BCUT2D eigenvalue weighted by Crippen LogP contribution is -2.40. The Bertz CT molecular complexity index is 600. The van der Waals surface area contributed by atoms with Gasteiger partial charge in [0.25, 0.3) is 5.91 Å².